The second-order valence-electron chi connectivity index (χ2n) is 5.94. The van der Waals surface area contributed by atoms with E-state index in [0.29, 0.717) is 17.6 Å². The second-order valence-corrected chi connectivity index (χ2v) is 6.35. The van der Waals surface area contributed by atoms with E-state index in [4.69, 9.17) is 12.2 Å². The van der Waals surface area contributed by atoms with Gasteiger partial charge >= 0.3 is 0 Å². The van der Waals surface area contributed by atoms with Crippen molar-refractivity contribution in [3.8, 4) is 0 Å². The van der Waals surface area contributed by atoms with Crippen LogP contribution in [0.1, 0.15) is 45.1 Å². The standard InChI is InChI=1S/C17H25N3OS/c1-4-6-13(3)18-17(22)19-14-8-9-15(12(2)11-14)20-10-5-7-16(20)21/h8-9,11,13H,4-7,10H2,1-3H3,(H2,18,19,22)/t13-/m0/s1. The van der Waals surface area contributed by atoms with E-state index in [9.17, 15) is 4.79 Å². The zero-order valence-corrected chi connectivity index (χ0v) is 14.4. The molecule has 0 saturated carbocycles. The molecule has 0 radical (unpaired) electrons. The fourth-order valence-electron chi connectivity index (χ4n) is 2.84. The predicted molar refractivity (Wildman–Crippen MR) is 96.5 cm³/mol. The van der Waals surface area contributed by atoms with Gasteiger partial charge in [-0.15, -0.1) is 0 Å². The van der Waals surface area contributed by atoms with E-state index in [0.717, 1.165) is 42.7 Å². The number of aryl methyl sites for hydroxylation is 1. The Bertz CT molecular complexity index is 559. The Morgan fingerprint density at radius 1 is 1.45 bits per heavy atom. The van der Waals surface area contributed by atoms with E-state index in [-0.39, 0.29) is 5.91 Å². The van der Waals surface area contributed by atoms with E-state index in [1.165, 1.54) is 0 Å². The molecule has 2 N–H and O–H groups in total. The lowest BCUT2D eigenvalue weighted by Crippen LogP contribution is -2.35. The molecule has 0 aliphatic carbocycles. The number of amides is 1. The van der Waals surface area contributed by atoms with Crippen molar-refractivity contribution in [2.24, 2.45) is 0 Å². The van der Waals surface area contributed by atoms with Gasteiger partial charge in [0.15, 0.2) is 5.11 Å². The minimum absolute atomic E-state index is 0.217. The summed E-state index contributed by atoms with van der Waals surface area (Å²) in [5.74, 6) is 0.217. The third kappa shape index (κ3) is 4.19. The molecule has 1 aliphatic heterocycles. The van der Waals surface area contributed by atoms with Crippen LogP contribution in [-0.2, 0) is 4.79 Å². The van der Waals surface area contributed by atoms with Crippen LogP contribution in [0, 0.1) is 6.92 Å². The normalized spacial score (nSPS) is 15.8. The summed E-state index contributed by atoms with van der Waals surface area (Å²) in [6.45, 7) is 7.14. The summed E-state index contributed by atoms with van der Waals surface area (Å²) in [6.07, 6.45) is 3.83. The molecule has 22 heavy (non-hydrogen) atoms. The zero-order valence-electron chi connectivity index (χ0n) is 13.6. The number of anilines is 2. The molecule has 0 bridgehead atoms. The highest BCUT2D eigenvalue weighted by Crippen LogP contribution is 2.27. The molecular weight excluding hydrogens is 294 g/mol. The van der Waals surface area contributed by atoms with Gasteiger partial charge in [0.25, 0.3) is 0 Å². The molecule has 1 heterocycles. The average molecular weight is 319 g/mol. The summed E-state index contributed by atoms with van der Waals surface area (Å²) in [7, 11) is 0. The number of nitrogens with zero attached hydrogens (tertiary/aromatic N) is 1. The molecule has 5 heteroatoms. The van der Waals surface area contributed by atoms with Gasteiger partial charge in [-0.1, -0.05) is 13.3 Å². The van der Waals surface area contributed by atoms with Crippen LogP contribution in [0.25, 0.3) is 0 Å². The number of hydrogen-bond donors (Lipinski definition) is 2. The van der Waals surface area contributed by atoms with E-state index >= 15 is 0 Å². The Morgan fingerprint density at radius 3 is 2.82 bits per heavy atom. The third-order valence-corrected chi connectivity index (χ3v) is 4.14. The molecule has 1 amide bonds. The number of carbonyl (C=O) groups excluding carboxylic acids is 1. The maximum Gasteiger partial charge on any atom is 0.227 e. The minimum Gasteiger partial charge on any atom is -0.360 e. The van der Waals surface area contributed by atoms with E-state index in [1.54, 1.807) is 0 Å². The first-order valence-corrected chi connectivity index (χ1v) is 8.40. The minimum atomic E-state index is 0.217. The molecule has 120 valence electrons. The van der Waals surface area contributed by atoms with Gasteiger partial charge in [-0.3, -0.25) is 4.79 Å². The van der Waals surface area contributed by atoms with Gasteiger partial charge in [-0.25, -0.2) is 0 Å². The fourth-order valence-corrected chi connectivity index (χ4v) is 3.15. The van der Waals surface area contributed by atoms with Crippen molar-refractivity contribution in [3.63, 3.8) is 0 Å². The van der Waals surface area contributed by atoms with Crippen molar-refractivity contribution in [1.82, 2.24) is 5.32 Å². The summed E-state index contributed by atoms with van der Waals surface area (Å²) in [5, 5.41) is 7.14. The van der Waals surface area contributed by atoms with Crippen molar-refractivity contribution in [3.05, 3.63) is 23.8 Å². The van der Waals surface area contributed by atoms with Gasteiger partial charge in [-0.05, 0) is 62.7 Å². The molecule has 4 nitrogen and oxygen atoms in total. The topological polar surface area (TPSA) is 44.4 Å². The zero-order chi connectivity index (χ0) is 16.1. The lowest BCUT2D eigenvalue weighted by Gasteiger charge is -2.20. The van der Waals surface area contributed by atoms with Gasteiger partial charge in [0.05, 0.1) is 0 Å². The maximum absolute atomic E-state index is 11.9. The van der Waals surface area contributed by atoms with Crippen LogP contribution in [0.3, 0.4) is 0 Å². The smallest absolute Gasteiger partial charge is 0.227 e. The maximum atomic E-state index is 11.9. The number of rotatable bonds is 5. The molecule has 0 unspecified atom stereocenters. The third-order valence-electron chi connectivity index (χ3n) is 3.92. The summed E-state index contributed by atoms with van der Waals surface area (Å²) in [4.78, 5) is 13.7. The Morgan fingerprint density at radius 2 is 2.23 bits per heavy atom. The van der Waals surface area contributed by atoms with Gasteiger partial charge in [0, 0.05) is 30.4 Å². The van der Waals surface area contributed by atoms with Crippen LogP contribution in [0.5, 0.6) is 0 Å². The quantitative estimate of drug-likeness (QED) is 0.814. The second kappa shape index (κ2) is 7.58. The molecule has 0 spiro atoms. The highest BCUT2D eigenvalue weighted by Gasteiger charge is 2.22. The van der Waals surface area contributed by atoms with Crippen molar-refractivity contribution < 1.29 is 4.79 Å². The van der Waals surface area contributed by atoms with Crippen LogP contribution < -0.4 is 15.5 Å². The predicted octanol–water partition coefficient (Wildman–Crippen LogP) is 3.60. The molecule has 0 aromatic heterocycles. The van der Waals surface area contributed by atoms with Crippen LogP contribution >= 0.6 is 12.2 Å². The van der Waals surface area contributed by atoms with Crippen molar-refractivity contribution >= 4 is 34.6 Å². The Kier molecular flexibility index (Phi) is 5.77. The van der Waals surface area contributed by atoms with Crippen molar-refractivity contribution in [2.45, 2.75) is 52.5 Å². The lowest BCUT2D eigenvalue weighted by molar-refractivity contribution is -0.117. The number of carbonyl (C=O) groups is 1. The Balaban J connectivity index is 2.00. The van der Waals surface area contributed by atoms with E-state index in [1.807, 2.05) is 30.0 Å². The molecule has 1 saturated heterocycles. The molecule has 1 aromatic carbocycles. The molecule has 1 aliphatic rings. The van der Waals surface area contributed by atoms with E-state index in [2.05, 4.69) is 24.5 Å². The van der Waals surface area contributed by atoms with Crippen LogP contribution in [0.4, 0.5) is 11.4 Å². The van der Waals surface area contributed by atoms with Gasteiger partial charge < -0.3 is 15.5 Å². The van der Waals surface area contributed by atoms with Crippen molar-refractivity contribution in [1.29, 1.82) is 0 Å². The molecule has 1 atom stereocenters. The summed E-state index contributed by atoms with van der Waals surface area (Å²) >= 11 is 5.34. The van der Waals surface area contributed by atoms with Crippen molar-refractivity contribution in [2.75, 3.05) is 16.8 Å². The van der Waals surface area contributed by atoms with Gasteiger partial charge in [0.1, 0.15) is 0 Å². The first-order valence-electron chi connectivity index (χ1n) is 7.99. The highest BCUT2D eigenvalue weighted by atomic mass is 32.1. The van der Waals surface area contributed by atoms with Crippen LogP contribution in [0.2, 0.25) is 0 Å². The molecule has 1 fully saturated rings. The van der Waals surface area contributed by atoms with Crippen LogP contribution in [0.15, 0.2) is 18.2 Å². The first-order chi connectivity index (χ1) is 10.5. The molecule has 2 rings (SSSR count). The van der Waals surface area contributed by atoms with E-state index < -0.39 is 0 Å². The number of hydrogen-bond acceptors (Lipinski definition) is 2. The Hall–Kier alpha value is -1.62. The number of nitrogens with one attached hydrogen (secondary N) is 2. The highest BCUT2D eigenvalue weighted by molar-refractivity contribution is 7.80. The van der Waals surface area contributed by atoms with Crippen LogP contribution in [-0.4, -0.2) is 23.6 Å². The molecular formula is C17H25N3OS. The number of benzene rings is 1. The summed E-state index contributed by atoms with van der Waals surface area (Å²) in [6, 6.07) is 6.39. The van der Waals surface area contributed by atoms with Gasteiger partial charge in [0.2, 0.25) is 5.91 Å². The van der Waals surface area contributed by atoms with Gasteiger partial charge in [-0.2, -0.15) is 0 Å². The SMILES string of the molecule is CCC[C@H](C)NC(=S)Nc1ccc(N2CCCC2=O)c(C)c1. The average Bonchev–Trinajstić information content (AvgIpc) is 2.85. The lowest BCUT2D eigenvalue weighted by atomic mass is 10.1. The fraction of sp³-hybridized carbons (Fsp3) is 0.529. The Labute approximate surface area is 138 Å². The monoisotopic (exact) mass is 319 g/mol. The largest absolute Gasteiger partial charge is 0.360 e. The number of thiocarbonyl (C=S) groups is 1. The molecule has 1 aromatic rings. The summed E-state index contributed by atoms with van der Waals surface area (Å²) < 4.78 is 0. The summed E-state index contributed by atoms with van der Waals surface area (Å²) in [5.41, 5.74) is 3.05. The first kappa shape index (κ1) is 16.7.